The van der Waals surface area contributed by atoms with Crippen LogP contribution in [0.2, 0.25) is 5.15 Å². The predicted octanol–water partition coefficient (Wildman–Crippen LogP) is 1.68. The van der Waals surface area contributed by atoms with E-state index in [-0.39, 0.29) is 34.8 Å². The molecule has 11 heteroatoms. The van der Waals surface area contributed by atoms with E-state index in [1.165, 1.54) is 19.0 Å². The zero-order chi connectivity index (χ0) is 27.0. The van der Waals surface area contributed by atoms with Gasteiger partial charge in [-0.2, -0.15) is 0 Å². The molecule has 1 amide bonds. The van der Waals surface area contributed by atoms with Crippen molar-refractivity contribution >= 4 is 34.8 Å². The van der Waals surface area contributed by atoms with Crippen LogP contribution in [-0.2, 0) is 20.8 Å². The number of nitrogens with two attached hydrogens (primary N) is 1. The minimum absolute atomic E-state index is 0.0215. The fourth-order valence-electron chi connectivity index (χ4n) is 5.95. The summed E-state index contributed by atoms with van der Waals surface area (Å²) in [5.41, 5.74) is 2.35. The Morgan fingerprint density at radius 3 is 2.41 bits per heavy atom. The van der Waals surface area contributed by atoms with Gasteiger partial charge in [0.25, 0.3) is 5.91 Å². The first-order valence-electron chi connectivity index (χ1n) is 11.5. The molecule has 6 N–H and O–H groups in total. The lowest BCUT2D eigenvalue weighted by atomic mass is 9.57. The van der Waals surface area contributed by atoms with E-state index in [2.05, 4.69) is 4.98 Å². The van der Waals surface area contributed by atoms with Crippen molar-refractivity contribution in [3.05, 3.63) is 63.5 Å². The Bertz CT molecular complexity index is 1450. The fourth-order valence-corrected chi connectivity index (χ4v) is 6.21. The lowest BCUT2D eigenvalue weighted by Crippen LogP contribution is -2.65. The van der Waals surface area contributed by atoms with Gasteiger partial charge in [0.2, 0.25) is 5.78 Å². The molecule has 1 heterocycles. The number of aliphatic hydroxyl groups is 3. The molecule has 0 spiro atoms. The molecule has 1 fully saturated rings. The Balaban J connectivity index is 1.75. The number of benzene rings is 1. The van der Waals surface area contributed by atoms with Crippen LogP contribution in [0.4, 0.5) is 0 Å². The molecule has 5 rings (SSSR count). The van der Waals surface area contributed by atoms with E-state index < -0.39 is 63.8 Å². The Morgan fingerprint density at radius 1 is 1.16 bits per heavy atom. The van der Waals surface area contributed by atoms with E-state index in [9.17, 15) is 34.8 Å². The smallest absolute Gasteiger partial charge is 0.255 e. The number of nitrogens with zero attached hydrogens (tertiary/aromatic N) is 2. The van der Waals surface area contributed by atoms with Crippen LogP contribution in [0.5, 0.6) is 5.75 Å². The van der Waals surface area contributed by atoms with E-state index in [1.54, 1.807) is 30.3 Å². The van der Waals surface area contributed by atoms with Gasteiger partial charge in [-0.3, -0.25) is 19.3 Å². The molecule has 0 unspecified atom stereocenters. The molecule has 1 aromatic carbocycles. The predicted molar refractivity (Wildman–Crippen MR) is 132 cm³/mol. The molecular weight excluding hydrogens is 502 g/mol. The Hall–Kier alpha value is -3.73. The quantitative estimate of drug-likeness (QED) is 0.295. The number of carbonyl (C=O) groups is 3. The molecule has 1 aromatic heterocycles. The van der Waals surface area contributed by atoms with Gasteiger partial charge in [-0.25, -0.2) is 4.98 Å². The number of likely N-dealkylation sites (N-methyl/N-ethyl adjacent to an activating group) is 1. The highest BCUT2D eigenvalue weighted by Crippen LogP contribution is 2.54. The van der Waals surface area contributed by atoms with Crippen LogP contribution in [0.25, 0.3) is 17.0 Å². The third kappa shape index (κ3) is 3.33. The van der Waals surface area contributed by atoms with E-state index in [1.807, 2.05) is 0 Å². The molecule has 0 saturated heterocycles. The number of rotatable bonds is 3. The second-order valence-electron chi connectivity index (χ2n) is 9.78. The number of hydrogen-bond donors (Lipinski definition) is 5. The van der Waals surface area contributed by atoms with Crippen LogP contribution < -0.4 is 5.73 Å². The van der Waals surface area contributed by atoms with Crippen LogP contribution in [0, 0.1) is 11.8 Å². The van der Waals surface area contributed by atoms with E-state index >= 15 is 0 Å². The lowest BCUT2D eigenvalue weighted by Gasteiger charge is -2.50. The molecule has 3 aliphatic rings. The third-order valence-corrected chi connectivity index (χ3v) is 7.90. The number of ketones is 2. The largest absolute Gasteiger partial charge is 0.508 e. The summed E-state index contributed by atoms with van der Waals surface area (Å²) >= 11 is 6.49. The SMILES string of the molecule is CN(C)[C@@H]1C(=O)C(C(N)=O)=C(O)[C@@]2(O)C(=O)C3=C(O)c4c(O)c(-c5ccccc5)nc(Cl)c4C[C@H]3C[C@@H]12. The molecular formula is C26H24ClN3O7. The number of amides is 1. The van der Waals surface area contributed by atoms with Gasteiger partial charge in [0.05, 0.1) is 11.6 Å². The molecule has 4 atom stereocenters. The number of carbonyl (C=O) groups excluding carboxylic acids is 3. The summed E-state index contributed by atoms with van der Waals surface area (Å²) in [4.78, 5) is 44.8. The van der Waals surface area contributed by atoms with Crippen LogP contribution in [-0.4, -0.2) is 73.5 Å². The lowest BCUT2D eigenvalue weighted by molar-refractivity contribution is -0.153. The first-order valence-corrected chi connectivity index (χ1v) is 11.9. The monoisotopic (exact) mass is 525 g/mol. The van der Waals surface area contributed by atoms with Gasteiger partial charge in [0.1, 0.15) is 27.9 Å². The Labute approximate surface area is 216 Å². The van der Waals surface area contributed by atoms with Crippen molar-refractivity contribution in [1.29, 1.82) is 0 Å². The molecule has 0 bridgehead atoms. The van der Waals surface area contributed by atoms with E-state index in [4.69, 9.17) is 17.3 Å². The van der Waals surface area contributed by atoms with Gasteiger partial charge in [-0.05, 0) is 32.9 Å². The van der Waals surface area contributed by atoms with Gasteiger partial charge < -0.3 is 26.2 Å². The topological polar surface area (TPSA) is 174 Å². The molecule has 3 aliphatic carbocycles. The van der Waals surface area contributed by atoms with Crippen LogP contribution >= 0.6 is 11.6 Å². The highest BCUT2D eigenvalue weighted by Gasteiger charge is 2.64. The van der Waals surface area contributed by atoms with Crippen molar-refractivity contribution < 1.29 is 34.8 Å². The highest BCUT2D eigenvalue weighted by molar-refractivity contribution is 6.31. The molecule has 1 saturated carbocycles. The summed E-state index contributed by atoms with van der Waals surface area (Å²) in [5.74, 6) is -7.21. The Morgan fingerprint density at radius 2 is 1.81 bits per heavy atom. The molecule has 37 heavy (non-hydrogen) atoms. The average Bonchev–Trinajstić information content (AvgIpc) is 2.83. The summed E-state index contributed by atoms with van der Waals surface area (Å²) in [6.45, 7) is 0. The number of primary amides is 1. The summed E-state index contributed by atoms with van der Waals surface area (Å²) in [5, 5.41) is 45.0. The fraction of sp³-hybridized carbons (Fsp3) is 0.308. The number of hydrogen-bond acceptors (Lipinski definition) is 9. The maximum Gasteiger partial charge on any atom is 0.255 e. The zero-order valence-electron chi connectivity index (χ0n) is 19.9. The number of pyridine rings is 1. The summed E-state index contributed by atoms with van der Waals surface area (Å²) in [6, 6.07) is 7.46. The van der Waals surface area contributed by atoms with Crippen LogP contribution in [0.15, 0.2) is 47.2 Å². The zero-order valence-corrected chi connectivity index (χ0v) is 20.7. The van der Waals surface area contributed by atoms with E-state index in [0.717, 1.165) is 0 Å². The van der Waals surface area contributed by atoms with Crippen molar-refractivity contribution in [2.24, 2.45) is 17.6 Å². The van der Waals surface area contributed by atoms with Gasteiger partial charge in [0, 0.05) is 22.6 Å². The maximum absolute atomic E-state index is 13.9. The van der Waals surface area contributed by atoms with Gasteiger partial charge in [-0.1, -0.05) is 41.9 Å². The number of aromatic hydroxyl groups is 1. The molecule has 10 nitrogen and oxygen atoms in total. The van der Waals surface area contributed by atoms with Crippen molar-refractivity contribution in [3.63, 3.8) is 0 Å². The van der Waals surface area contributed by atoms with Gasteiger partial charge >= 0.3 is 0 Å². The normalized spacial score (nSPS) is 27.2. The van der Waals surface area contributed by atoms with Crippen molar-refractivity contribution in [2.45, 2.75) is 24.5 Å². The van der Waals surface area contributed by atoms with Crippen molar-refractivity contribution in [1.82, 2.24) is 9.88 Å². The number of halogens is 1. The number of fused-ring (bicyclic) bond motifs is 3. The second kappa shape index (κ2) is 8.41. The summed E-state index contributed by atoms with van der Waals surface area (Å²) in [7, 11) is 3.08. The molecule has 0 radical (unpaired) electrons. The molecule has 0 aliphatic heterocycles. The number of Topliss-reactive ketones (excluding diaryl/α,β-unsaturated/α-hetero) is 2. The van der Waals surface area contributed by atoms with Crippen LogP contribution in [0.1, 0.15) is 17.5 Å². The minimum atomic E-state index is -2.70. The van der Waals surface area contributed by atoms with Gasteiger partial charge in [-0.15, -0.1) is 0 Å². The highest BCUT2D eigenvalue weighted by atomic mass is 35.5. The standard InChI is InChI=1S/C26H24ClN3O7/c1-30(2)18-13-9-11-8-12-15(20(32)17(29-24(12)27)10-6-4-3-5-7-10)19(31)14(11)22(34)26(13,37)23(35)16(21(18)33)25(28)36/h3-7,11,13,18,31-32,35,37H,8-9H2,1-2H3,(H2,28,36)/t11-,13-,18-,26-/m0/s1. The summed E-state index contributed by atoms with van der Waals surface area (Å²) in [6.07, 6.45) is 0.0479. The van der Waals surface area contributed by atoms with E-state index in [0.29, 0.717) is 11.1 Å². The first-order chi connectivity index (χ1) is 17.4. The van der Waals surface area contributed by atoms with Gasteiger partial charge in [0.15, 0.2) is 17.1 Å². The maximum atomic E-state index is 13.9. The van der Waals surface area contributed by atoms with Crippen molar-refractivity contribution in [2.75, 3.05) is 14.1 Å². The number of aromatic nitrogens is 1. The summed E-state index contributed by atoms with van der Waals surface area (Å²) < 4.78 is 0. The number of aliphatic hydroxyl groups excluding tert-OH is 2. The van der Waals surface area contributed by atoms with Crippen molar-refractivity contribution in [3.8, 4) is 17.0 Å². The average molecular weight is 526 g/mol. The minimum Gasteiger partial charge on any atom is -0.508 e. The molecule has 192 valence electrons. The molecule has 2 aromatic rings. The first kappa shape index (κ1) is 24.9. The third-order valence-electron chi connectivity index (χ3n) is 7.58. The second-order valence-corrected chi connectivity index (χ2v) is 10.1. The van der Waals surface area contributed by atoms with Crippen LogP contribution in [0.3, 0.4) is 0 Å². The Kier molecular flexibility index (Phi) is 5.67.